The van der Waals surface area contributed by atoms with E-state index in [9.17, 15) is 0 Å². The lowest BCUT2D eigenvalue weighted by atomic mass is 9.84. The monoisotopic (exact) mass is 383 g/mol. The highest BCUT2D eigenvalue weighted by Gasteiger charge is 2.32. The SMILES string of the molecule is Cc1cc(C(C)(C)C)cc(C)c1N1c2csc(C)c2Oc2c1csc2C. The van der Waals surface area contributed by atoms with E-state index < -0.39 is 0 Å². The van der Waals surface area contributed by atoms with Gasteiger partial charge in [-0.05, 0) is 49.8 Å². The second-order valence-electron chi connectivity index (χ2n) is 8.16. The number of aryl methyl sites for hydroxylation is 4. The molecule has 2 nitrogen and oxygen atoms in total. The number of fused-ring (bicyclic) bond motifs is 2. The van der Waals surface area contributed by atoms with Crippen LogP contribution in [-0.4, -0.2) is 0 Å². The highest BCUT2D eigenvalue weighted by Crippen LogP contribution is 2.57. The summed E-state index contributed by atoms with van der Waals surface area (Å²) < 4.78 is 6.31. The first-order valence-corrected chi connectivity index (χ1v) is 10.7. The van der Waals surface area contributed by atoms with Gasteiger partial charge >= 0.3 is 0 Å². The van der Waals surface area contributed by atoms with E-state index >= 15 is 0 Å². The largest absolute Gasteiger partial charge is 0.451 e. The van der Waals surface area contributed by atoms with Crippen molar-refractivity contribution in [3.05, 3.63) is 49.3 Å². The van der Waals surface area contributed by atoms with Gasteiger partial charge in [0.25, 0.3) is 0 Å². The van der Waals surface area contributed by atoms with Crippen molar-refractivity contribution in [2.45, 2.75) is 53.9 Å². The Morgan fingerprint density at radius 1 is 0.808 bits per heavy atom. The predicted octanol–water partition coefficient (Wildman–Crippen LogP) is 7.92. The molecule has 0 aliphatic carbocycles. The highest BCUT2D eigenvalue weighted by molar-refractivity contribution is 7.11. The molecule has 1 aliphatic rings. The molecule has 0 saturated heterocycles. The molecule has 0 bridgehead atoms. The average molecular weight is 384 g/mol. The Balaban J connectivity index is 1.97. The molecular weight excluding hydrogens is 358 g/mol. The zero-order chi connectivity index (χ0) is 18.8. The standard InChI is InChI=1S/C22H25NOS2/c1-12-8-16(22(5,6)7)9-13(2)19(12)23-17-10-25-14(3)20(17)24-21-15(4)26-11-18(21)23/h8-11H,1-7H3. The fourth-order valence-electron chi connectivity index (χ4n) is 3.63. The maximum Gasteiger partial charge on any atom is 0.165 e. The summed E-state index contributed by atoms with van der Waals surface area (Å²) in [5, 5.41) is 4.44. The molecule has 3 heterocycles. The quantitative estimate of drug-likeness (QED) is 0.331. The minimum Gasteiger partial charge on any atom is -0.451 e. The fourth-order valence-corrected chi connectivity index (χ4v) is 5.14. The summed E-state index contributed by atoms with van der Waals surface area (Å²) in [6, 6.07) is 4.69. The van der Waals surface area contributed by atoms with E-state index in [0.717, 1.165) is 22.9 Å². The maximum atomic E-state index is 6.31. The van der Waals surface area contributed by atoms with Crippen molar-refractivity contribution in [1.82, 2.24) is 0 Å². The first-order chi connectivity index (χ1) is 12.2. The molecular formula is C22H25NOS2. The summed E-state index contributed by atoms with van der Waals surface area (Å²) in [4.78, 5) is 4.85. The van der Waals surface area contributed by atoms with E-state index in [-0.39, 0.29) is 5.41 Å². The number of hydrogen-bond donors (Lipinski definition) is 0. The summed E-state index contributed by atoms with van der Waals surface area (Å²) in [6.45, 7) is 15.5. The van der Waals surface area contributed by atoms with Crippen LogP contribution in [0.15, 0.2) is 22.9 Å². The van der Waals surface area contributed by atoms with Gasteiger partial charge in [0, 0.05) is 20.5 Å². The zero-order valence-electron chi connectivity index (χ0n) is 16.5. The van der Waals surface area contributed by atoms with E-state index in [1.165, 1.54) is 32.1 Å². The van der Waals surface area contributed by atoms with Gasteiger partial charge in [-0.15, -0.1) is 22.7 Å². The third-order valence-electron chi connectivity index (χ3n) is 5.07. The van der Waals surface area contributed by atoms with Crippen LogP contribution in [0.3, 0.4) is 0 Å². The number of thiophene rings is 2. The molecule has 4 heteroatoms. The van der Waals surface area contributed by atoms with Gasteiger partial charge in [-0.2, -0.15) is 0 Å². The summed E-state index contributed by atoms with van der Waals surface area (Å²) in [5.41, 5.74) is 7.74. The van der Waals surface area contributed by atoms with Crippen molar-refractivity contribution < 1.29 is 4.74 Å². The van der Waals surface area contributed by atoms with Crippen molar-refractivity contribution in [3.63, 3.8) is 0 Å². The van der Waals surface area contributed by atoms with Crippen LogP contribution in [0.2, 0.25) is 0 Å². The normalized spacial score (nSPS) is 13.4. The molecule has 4 rings (SSSR count). The Morgan fingerprint density at radius 2 is 1.27 bits per heavy atom. The lowest BCUT2D eigenvalue weighted by Gasteiger charge is -2.33. The second kappa shape index (κ2) is 5.86. The van der Waals surface area contributed by atoms with Crippen LogP contribution in [0.5, 0.6) is 11.5 Å². The van der Waals surface area contributed by atoms with Gasteiger partial charge < -0.3 is 9.64 Å². The highest BCUT2D eigenvalue weighted by atomic mass is 32.1. The van der Waals surface area contributed by atoms with E-state index in [1.807, 2.05) is 0 Å². The molecule has 0 atom stereocenters. The van der Waals surface area contributed by atoms with Crippen LogP contribution in [0, 0.1) is 27.7 Å². The number of hydrogen-bond acceptors (Lipinski definition) is 4. The molecule has 136 valence electrons. The maximum absolute atomic E-state index is 6.31. The van der Waals surface area contributed by atoms with E-state index in [0.29, 0.717) is 0 Å². The van der Waals surface area contributed by atoms with Crippen molar-refractivity contribution >= 4 is 39.7 Å². The molecule has 0 fully saturated rings. The van der Waals surface area contributed by atoms with Crippen LogP contribution in [0.4, 0.5) is 17.1 Å². The Labute approximate surface area is 164 Å². The van der Waals surface area contributed by atoms with Crippen molar-refractivity contribution in [1.29, 1.82) is 0 Å². The fraction of sp³-hybridized carbons (Fsp3) is 0.364. The Hall–Kier alpha value is -1.78. The first-order valence-electron chi connectivity index (χ1n) is 8.94. The van der Waals surface area contributed by atoms with Gasteiger partial charge in [0.1, 0.15) is 11.4 Å². The van der Waals surface area contributed by atoms with Gasteiger partial charge in [-0.3, -0.25) is 0 Å². The van der Waals surface area contributed by atoms with Gasteiger partial charge in [0.2, 0.25) is 0 Å². The Bertz CT molecular complexity index is 935. The molecule has 2 aromatic heterocycles. The topological polar surface area (TPSA) is 12.5 Å². The van der Waals surface area contributed by atoms with Crippen LogP contribution in [0.25, 0.3) is 0 Å². The molecule has 0 spiro atoms. The van der Waals surface area contributed by atoms with Gasteiger partial charge in [-0.1, -0.05) is 32.9 Å². The molecule has 0 N–H and O–H groups in total. The first kappa shape index (κ1) is 17.6. The third kappa shape index (κ3) is 2.58. The lowest BCUT2D eigenvalue weighted by molar-refractivity contribution is 0.475. The summed E-state index contributed by atoms with van der Waals surface area (Å²) in [7, 11) is 0. The van der Waals surface area contributed by atoms with Crippen LogP contribution in [0.1, 0.15) is 47.2 Å². The van der Waals surface area contributed by atoms with Crippen molar-refractivity contribution in [3.8, 4) is 11.5 Å². The minimum absolute atomic E-state index is 0.146. The van der Waals surface area contributed by atoms with E-state index in [1.54, 1.807) is 22.7 Å². The second-order valence-corrected chi connectivity index (χ2v) is 10.3. The summed E-state index contributed by atoms with van der Waals surface area (Å²) in [5.74, 6) is 2.00. The van der Waals surface area contributed by atoms with E-state index in [2.05, 4.69) is 76.3 Å². The van der Waals surface area contributed by atoms with E-state index in [4.69, 9.17) is 4.74 Å². The summed E-state index contributed by atoms with van der Waals surface area (Å²) >= 11 is 3.51. The molecule has 0 radical (unpaired) electrons. The zero-order valence-corrected chi connectivity index (χ0v) is 18.1. The molecule has 0 saturated carbocycles. The number of rotatable bonds is 1. The van der Waals surface area contributed by atoms with Crippen molar-refractivity contribution in [2.24, 2.45) is 0 Å². The molecule has 1 aliphatic heterocycles. The van der Waals surface area contributed by atoms with Gasteiger partial charge in [0.15, 0.2) is 11.5 Å². The van der Waals surface area contributed by atoms with Crippen LogP contribution in [-0.2, 0) is 5.41 Å². The minimum atomic E-state index is 0.146. The molecule has 1 aromatic carbocycles. The van der Waals surface area contributed by atoms with Crippen molar-refractivity contribution in [2.75, 3.05) is 4.90 Å². The van der Waals surface area contributed by atoms with Gasteiger partial charge in [-0.25, -0.2) is 0 Å². The molecule has 0 unspecified atom stereocenters. The third-order valence-corrected chi connectivity index (χ3v) is 6.83. The average Bonchev–Trinajstić information content (AvgIpc) is 3.10. The smallest absolute Gasteiger partial charge is 0.165 e. The van der Waals surface area contributed by atoms with Crippen LogP contribution < -0.4 is 9.64 Å². The number of nitrogens with zero attached hydrogens (tertiary/aromatic N) is 1. The number of anilines is 3. The van der Waals surface area contributed by atoms with Gasteiger partial charge in [0.05, 0.1) is 5.69 Å². The van der Waals surface area contributed by atoms with Crippen LogP contribution >= 0.6 is 22.7 Å². The Morgan fingerprint density at radius 3 is 1.69 bits per heavy atom. The lowest BCUT2D eigenvalue weighted by Crippen LogP contribution is -2.18. The molecule has 3 aromatic rings. The molecule has 26 heavy (non-hydrogen) atoms. The number of benzene rings is 1. The number of ether oxygens (including phenoxy) is 1. The predicted molar refractivity (Wildman–Crippen MR) is 115 cm³/mol. The summed E-state index contributed by atoms with van der Waals surface area (Å²) in [6.07, 6.45) is 0. The Kier molecular flexibility index (Phi) is 3.97. The molecule has 0 amide bonds.